The van der Waals surface area contributed by atoms with Gasteiger partial charge in [0, 0.05) is 0 Å². The van der Waals surface area contributed by atoms with Crippen LogP contribution in [0.2, 0.25) is 0 Å². The number of carbonyl (C=O) groups is 1. The van der Waals surface area contributed by atoms with Crippen LogP contribution in [0.3, 0.4) is 0 Å². The molecule has 1 heterocycles. The average molecular weight is 190 g/mol. The van der Waals surface area contributed by atoms with E-state index in [-0.39, 0.29) is 11.9 Å². The van der Waals surface area contributed by atoms with Gasteiger partial charge in [0.25, 0.3) is 0 Å². The van der Waals surface area contributed by atoms with Gasteiger partial charge >= 0.3 is 0 Å². The fourth-order valence-electron chi connectivity index (χ4n) is 1.37. The second kappa shape index (κ2) is 3.09. The minimum absolute atomic E-state index is 0.131. The third-order valence-corrected chi connectivity index (χ3v) is 2.13. The first-order valence-corrected chi connectivity index (χ1v) is 4.36. The summed E-state index contributed by atoms with van der Waals surface area (Å²) < 4.78 is 5.00. The van der Waals surface area contributed by atoms with E-state index >= 15 is 0 Å². The zero-order valence-electron chi connectivity index (χ0n) is 7.78. The summed E-state index contributed by atoms with van der Waals surface area (Å²) in [6.45, 7) is 5.36. The normalized spacial score (nSPS) is 33.7. The smallest absolute Gasteiger partial charge is 0.202 e. The molecule has 0 aromatic rings. The number of Topliss-reactive ketones (excluding diaryl/α,β-unsaturated/α-hetero) is 1. The van der Waals surface area contributed by atoms with Crippen molar-refractivity contribution in [3.8, 4) is 11.8 Å². The molecule has 1 saturated heterocycles. The van der Waals surface area contributed by atoms with Crippen LogP contribution in [0.4, 0.5) is 0 Å². The zero-order chi connectivity index (χ0) is 10.3. The highest BCUT2D eigenvalue weighted by Crippen LogP contribution is 2.33. The van der Waals surface area contributed by atoms with Crippen LogP contribution >= 0.6 is 0 Å². The van der Waals surface area contributed by atoms with Crippen molar-refractivity contribution >= 4 is 5.78 Å². The quantitative estimate of drug-likeness (QED) is 0.438. The Morgan fingerprint density at radius 1 is 1.71 bits per heavy atom. The third kappa shape index (κ3) is 1.50. The summed E-state index contributed by atoms with van der Waals surface area (Å²) in [4.78, 5) is 11.5. The number of ketones is 1. The number of hydrogen-bond acceptors (Lipinski definition) is 3. The largest absolute Gasteiger partial charge is 0.386 e. The molecule has 3 nitrogen and oxygen atoms in total. The van der Waals surface area contributed by atoms with E-state index in [0.29, 0.717) is 11.1 Å². The molecule has 3 unspecified atom stereocenters. The van der Waals surface area contributed by atoms with Crippen molar-refractivity contribution in [3.63, 3.8) is 0 Å². The van der Waals surface area contributed by atoms with Gasteiger partial charge in [0.1, 0.15) is 12.2 Å². The van der Waals surface area contributed by atoms with E-state index in [0.717, 1.165) is 0 Å². The number of allylic oxidation sites excluding steroid dienone is 1. The summed E-state index contributed by atoms with van der Waals surface area (Å²) in [7, 11) is 0. The molecule has 0 radical (unpaired) electrons. The van der Waals surface area contributed by atoms with Gasteiger partial charge < -0.3 is 9.84 Å². The fraction of sp³-hybridized carbons (Fsp3) is 0.364. The average Bonchev–Trinajstić information content (AvgIpc) is 2.88. The van der Waals surface area contributed by atoms with Crippen LogP contribution in [0.5, 0.6) is 0 Å². The summed E-state index contributed by atoms with van der Waals surface area (Å²) in [5.74, 6) is 5.25. The van der Waals surface area contributed by atoms with Crippen molar-refractivity contribution in [1.82, 2.24) is 0 Å². The molecule has 0 bridgehead atoms. The molecule has 1 aliphatic heterocycles. The maximum atomic E-state index is 11.5. The van der Waals surface area contributed by atoms with Gasteiger partial charge in [0.2, 0.25) is 5.78 Å². The van der Waals surface area contributed by atoms with Gasteiger partial charge in [-0.15, -0.1) is 0 Å². The van der Waals surface area contributed by atoms with E-state index in [9.17, 15) is 9.90 Å². The summed E-state index contributed by atoms with van der Waals surface area (Å²) in [5, 5.41) is 9.43. The summed E-state index contributed by atoms with van der Waals surface area (Å²) in [6, 6.07) is 0. The van der Waals surface area contributed by atoms with Gasteiger partial charge in [0.05, 0.1) is 5.57 Å². The van der Waals surface area contributed by atoms with E-state index in [1.807, 2.05) is 0 Å². The lowest BCUT2D eigenvalue weighted by Gasteiger charge is -2.07. The highest BCUT2D eigenvalue weighted by Gasteiger charge is 2.52. The molecule has 0 aromatic heterocycles. The lowest BCUT2D eigenvalue weighted by atomic mass is 9.96. The first kappa shape index (κ1) is 9.20. The van der Waals surface area contributed by atoms with Crippen molar-refractivity contribution in [1.29, 1.82) is 0 Å². The number of hydrogen-bond donors (Lipinski definition) is 1. The monoisotopic (exact) mass is 190 g/mol. The lowest BCUT2D eigenvalue weighted by Crippen LogP contribution is -2.26. The Bertz CT molecular complexity index is 394. The van der Waals surface area contributed by atoms with E-state index < -0.39 is 12.2 Å². The fourth-order valence-corrected chi connectivity index (χ4v) is 1.37. The van der Waals surface area contributed by atoms with Gasteiger partial charge in [-0.25, -0.2) is 0 Å². The molecule has 1 fully saturated rings. The van der Waals surface area contributed by atoms with Crippen LogP contribution in [-0.2, 0) is 9.53 Å². The number of rotatable bonds is 0. The molecule has 3 atom stereocenters. The van der Waals surface area contributed by atoms with E-state index in [1.54, 1.807) is 6.92 Å². The Kier molecular flexibility index (Phi) is 2.03. The van der Waals surface area contributed by atoms with Crippen LogP contribution in [0.15, 0.2) is 23.8 Å². The molecule has 0 amide bonds. The van der Waals surface area contributed by atoms with Gasteiger partial charge in [-0.1, -0.05) is 18.4 Å². The Morgan fingerprint density at radius 3 is 3.07 bits per heavy atom. The van der Waals surface area contributed by atoms with Crippen molar-refractivity contribution < 1.29 is 14.6 Å². The Labute approximate surface area is 82.1 Å². The second-order valence-corrected chi connectivity index (χ2v) is 3.49. The summed E-state index contributed by atoms with van der Waals surface area (Å²) >= 11 is 0. The summed E-state index contributed by atoms with van der Waals surface area (Å²) in [6.07, 6.45) is -0.0543. The van der Waals surface area contributed by atoms with E-state index in [2.05, 4.69) is 18.4 Å². The Hall–Kier alpha value is -1.37. The molecule has 2 rings (SSSR count). The van der Waals surface area contributed by atoms with Gasteiger partial charge in [0.15, 0.2) is 6.10 Å². The van der Waals surface area contributed by atoms with Crippen LogP contribution in [-0.4, -0.2) is 29.2 Å². The molecule has 0 spiro atoms. The number of fused-ring (bicyclic) bond motifs is 1. The zero-order valence-corrected chi connectivity index (χ0v) is 7.78. The highest BCUT2D eigenvalue weighted by molar-refractivity contribution is 6.05. The van der Waals surface area contributed by atoms with Crippen LogP contribution in [0.25, 0.3) is 0 Å². The van der Waals surface area contributed by atoms with Crippen LogP contribution < -0.4 is 0 Å². The number of aliphatic hydroxyl groups is 1. The first-order chi connectivity index (χ1) is 6.59. The van der Waals surface area contributed by atoms with Crippen molar-refractivity contribution in [2.24, 2.45) is 0 Å². The second-order valence-electron chi connectivity index (χ2n) is 3.49. The summed E-state index contributed by atoms with van der Waals surface area (Å²) in [5.41, 5.74) is 1.02. The minimum Gasteiger partial charge on any atom is -0.386 e. The number of carbonyl (C=O) groups excluding carboxylic acids is 1. The Morgan fingerprint density at radius 2 is 2.43 bits per heavy atom. The standard InChI is InChI=1S/C11H10O3/c1-6(2)3-4-7-5-8(12)10-11(14-10)9(7)13/h5,8,10-12H,1H2,2H3. The molecule has 3 heteroatoms. The van der Waals surface area contributed by atoms with Crippen molar-refractivity contribution in [3.05, 3.63) is 23.8 Å². The SMILES string of the molecule is C=C(C)C#CC1=CC(O)C2OC2C1=O. The Balaban J connectivity index is 2.23. The van der Waals surface area contributed by atoms with Crippen LogP contribution in [0.1, 0.15) is 6.92 Å². The molecule has 0 saturated carbocycles. The molecule has 0 aromatic carbocycles. The minimum atomic E-state index is -0.702. The maximum absolute atomic E-state index is 11.5. The lowest BCUT2D eigenvalue weighted by molar-refractivity contribution is -0.116. The van der Waals surface area contributed by atoms with Gasteiger partial charge in [-0.2, -0.15) is 0 Å². The van der Waals surface area contributed by atoms with Crippen molar-refractivity contribution in [2.45, 2.75) is 25.2 Å². The predicted octanol–water partition coefficient (Wildman–Crippen LogP) is 0.203. The molecule has 1 N–H and O–H groups in total. The maximum Gasteiger partial charge on any atom is 0.202 e. The van der Waals surface area contributed by atoms with Gasteiger partial charge in [-0.05, 0) is 18.6 Å². The highest BCUT2D eigenvalue weighted by atomic mass is 16.6. The van der Waals surface area contributed by atoms with E-state index in [4.69, 9.17) is 4.74 Å². The number of epoxide rings is 1. The van der Waals surface area contributed by atoms with Crippen molar-refractivity contribution in [2.75, 3.05) is 0 Å². The van der Waals surface area contributed by atoms with Gasteiger partial charge in [-0.3, -0.25) is 4.79 Å². The molecule has 2 aliphatic rings. The van der Waals surface area contributed by atoms with Crippen LogP contribution in [0, 0.1) is 11.8 Å². The molecular weight excluding hydrogens is 180 g/mol. The predicted molar refractivity (Wildman–Crippen MR) is 50.3 cm³/mol. The molecule has 72 valence electrons. The number of ether oxygens (including phenoxy) is 1. The first-order valence-electron chi connectivity index (χ1n) is 4.36. The molecule has 1 aliphatic carbocycles. The molecule has 14 heavy (non-hydrogen) atoms. The third-order valence-electron chi connectivity index (χ3n) is 2.13. The topological polar surface area (TPSA) is 49.8 Å². The van der Waals surface area contributed by atoms with E-state index in [1.165, 1.54) is 6.08 Å². The number of aliphatic hydroxyl groups excluding tert-OH is 1. The molecular formula is C11H10O3.